The summed E-state index contributed by atoms with van der Waals surface area (Å²) in [6, 6.07) is 0.775. The van der Waals surface area contributed by atoms with Gasteiger partial charge in [0.1, 0.15) is 5.82 Å². The molecule has 2 aliphatic heterocycles. The highest BCUT2D eigenvalue weighted by Crippen LogP contribution is 2.43. The Morgan fingerprint density at radius 3 is 2.43 bits per heavy atom. The molecule has 4 rings (SSSR count). The molecule has 3 fully saturated rings. The van der Waals surface area contributed by atoms with Crippen molar-refractivity contribution in [1.82, 2.24) is 15.3 Å². The minimum absolute atomic E-state index is 0.371. The van der Waals surface area contributed by atoms with Crippen molar-refractivity contribution in [2.45, 2.75) is 76.5 Å². The van der Waals surface area contributed by atoms with Gasteiger partial charge in [0.25, 0.3) is 0 Å². The summed E-state index contributed by atoms with van der Waals surface area (Å²) in [6.07, 6.45) is 8.10. The molecular formula is C17H25N3O. The summed E-state index contributed by atoms with van der Waals surface area (Å²) in [5.74, 6) is 1.45. The van der Waals surface area contributed by atoms with E-state index in [1.54, 1.807) is 0 Å². The molecule has 3 unspecified atom stereocenters. The summed E-state index contributed by atoms with van der Waals surface area (Å²) in [6.45, 7) is 5.32. The third-order valence-corrected chi connectivity index (χ3v) is 5.26. The average molecular weight is 287 g/mol. The van der Waals surface area contributed by atoms with E-state index in [-0.39, 0.29) is 0 Å². The van der Waals surface area contributed by atoms with E-state index in [0.29, 0.717) is 18.1 Å². The van der Waals surface area contributed by atoms with E-state index in [4.69, 9.17) is 14.7 Å². The fraction of sp³-hybridized carbons (Fsp3) is 0.765. The number of aryl methyl sites for hydroxylation is 2. The molecule has 3 aliphatic rings. The molecule has 1 aliphatic carbocycles. The smallest absolute Gasteiger partial charge is 0.134 e. The molecule has 21 heavy (non-hydrogen) atoms. The Morgan fingerprint density at radius 1 is 1.10 bits per heavy atom. The Balaban J connectivity index is 1.48. The molecule has 3 atom stereocenters. The van der Waals surface area contributed by atoms with Crippen molar-refractivity contribution in [1.29, 1.82) is 0 Å². The van der Waals surface area contributed by atoms with Crippen LogP contribution in [-0.2, 0) is 11.2 Å². The van der Waals surface area contributed by atoms with Crippen LogP contribution < -0.4 is 5.32 Å². The maximum atomic E-state index is 5.96. The average Bonchev–Trinajstić information content (AvgIpc) is 3.04. The molecule has 0 radical (unpaired) electrons. The molecule has 4 nitrogen and oxygen atoms in total. The number of hydrogen-bond donors (Lipinski definition) is 1. The van der Waals surface area contributed by atoms with Gasteiger partial charge < -0.3 is 10.1 Å². The number of nitrogens with one attached hydrogen (secondary N) is 1. The Labute approximate surface area is 126 Å². The fourth-order valence-electron chi connectivity index (χ4n) is 3.89. The summed E-state index contributed by atoms with van der Waals surface area (Å²) in [5.41, 5.74) is 3.66. The van der Waals surface area contributed by atoms with Gasteiger partial charge in [-0.1, -0.05) is 0 Å². The van der Waals surface area contributed by atoms with Crippen LogP contribution in [0.4, 0.5) is 0 Å². The van der Waals surface area contributed by atoms with Crippen LogP contribution in [0.2, 0.25) is 0 Å². The first-order chi connectivity index (χ1) is 10.2. The van der Waals surface area contributed by atoms with Crippen LogP contribution in [0.25, 0.3) is 0 Å². The molecule has 2 saturated heterocycles. The summed E-state index contributed by atoms with van der Waals surface area (Å²) >= 11 is 0. The van der Waals surface area contributed by atoms with Gasteiger partial charge in [-0.2, -0.15) is 0 Å². The Hall–Kier alpha value is -1.00. The van der Waals surface area contributed by atoms with Gasteiger partial charge in [0.2, 0.25) is 0 Å². The Kier molecular flexibility index (Phi) is 3.46. The summed E-state index contributed by atoms with van der Waals surface area (Å²) in [4.78, 5) is 9.66. The van der Waals surface area contributed by atoms with Crippen LogP contribution in [0.3, 0.4) is 0 Å². The molecule has 0 aromatic carbocycles. The predicted molar refractivity (Wildman–Crippen MR) is 81.5 cm³/mol. The second-order valence-electron chi connectivity index (χ2n) is 6.93. The lowest BCUT2D eigenvalue weighted by Gasteiger charge is -2.19. The standard InChI is InChI=1S/C17H25N3O/c1-10-14(7-8-18-12-3-4-12)11(2)20-17(19-10)15-9-13-5-6-16(15)21-13/h12-13,15-16,18H,3-9H2,1-2H3. The van der Waals surface area contributed by atoms with Gasteiger partial charge in [0.05, 0.1) is 12.2 Å². The SMILES string of the molecule is Cc1nc(C2CC3CCC2O3)nc(C)c1CCNC1CC1. The zero-order valence-corrected chi connectivity index (χ0v) is 13.1. The molecule has 1 aromatic rings. The second kappa shape index (κ2) is 5.33. The highest BCUT2D eigenvalue weighted by atomic mass is 16.5. The van der Waals surface area contributed by atoms with E-state index in [9.17, 15) is 0 Å². The number of fused-ring (bicyclic) bond motifs is 2. The van der Waals surface area contributed by atoms with E-state index in [0.717, 1.165) is 42.6 Å². The first-order valence-corrected chi connectivity index (χ1v) is 8.43. The van der Waals surface area contributed by atoms with Crippen molar-refractivity contribution in [3.8, 4) is 0 Å². The van der Waals surface area contributed by atoms with E-state index in [1.165, 1.54) is 31.2 Å². The van der Waals surface area contributed by atoms with Gasteiger partial charge in [-0.25, -0.2) is 9.97 Å². The second-order valence-corrected chi connectivity index (χ2v) is 6.93. The van der Waals surface area contributed by atoms with Crippen molar-refractivity contribution < 1.29 is 4.74 Å². The van der Waals surface area contributed by atoms with Crippen molar-refractivity contribution in [3.05, 3.63) is 22.8 Å². The van der Waals surface area contributed by atoms with Crippen LogP contribution >= 0.6 is 0 Å². The number of ether oxygens (including phenoxy) is 1. The molecule has 0 amide bonds. The maximum absolute atomic E-state index is 5.96. The van der Waals surface area contributed by atoms with Crippen molar-refractivity contribution in [2.75, 3.05) is 6.54 Å². The van der Waals surface area contributed by atoms with Gasteiger partial charge in [-0.05, 0) is 64.5 Å². The lowest BCUT2D eigenvalue weighted by atomic mass is 9.88. The zero-order chi connectivity index (χ0) is 14.4. The summed E-state index contributed by atoms with van der Waals surface area (Å²) < 4.78 is 5.96. The largest absolute Gasteiger partial charge is 0.374 e. The minimum atomic E-state index is 0.371. The number of nitrogens with zero attached hydrogens (tertiary/aromatic N) is 2. The first kappa shape index (κ1) is 13.6. The highest BCUT2D eigenvalue weighted by Gasteiger charge is 2.43. The number of hydrogen-bond acceptors (Lipinski definition) is 4. The quantitative estimate of drug-likeness (QED) is 0.903. The Morgan fingerprint density at radius 2 is 1.86 bits per heavy atom. The molecule has 114 valence electrons. The third-order valence-electron chi connectivity index (χ3n) is 5.26. The van der Waals surface area contributed by atoms with Crippen LogP contribution in [-0.4, -0.2) is 34.8 Å². The first-order valence-electron chi connectivity index (χ1n) is 8.43. The van der Waals surface area contributed by atoms with Crippen molar-refractivity contribution in [2.24, 2.45) is 0 Å². The van der Waals surface area contributed by atoms with Crippen molar-refractivity contribution >= 4 is 0 Å². The normalized spacial score (nSPS) is 31.0. The van der Waals surface area contributed by atoms with E-state index in [2.05, 4.69) is 19.2 Å². The summed E-state index contributed by atoms with van der Waals surface area (Å²) in [5, 5.41) is 3.58. The molecule has 2 bridgehead atoms. The minimum Gasteiger partial charge on any atom is -0.374 e. The molecule has 1 N–H and O–H groups in total. The van der Waals surface area contributed by atoms with Gasteiger partial charge in [-0.3, -0.25) is 0 Å². The molecule has 1 aromatic heterocycles. The Bertz CT molecular complexity index is 518. The third kappa shape index (κ3) is 2.71. The van der Waals surface area contributed by atoms with Gasteiger partial charge in [-0.15, -0.1) is 0 Å². The lowest BCUT2D eigenvalue weighted by molar-refractivity contribution is 0.0998. The molecule has 0 spiro atoms. The molecule has 1 saturated carbocycles. The van der Waals surface area contributed by atoms with Crippen molar-refractivity contribution in [3.63, 3.8) is 0 Å². The molecule has 3 heterocycles. The fourth-order valence-corrected chi connectivity index (χ4v) is 3.89. The highest BCUT2D eigenvalue weighted by molar-refractivity contribution is 5.26. The van der Waals surface area contributed by atoms with Crippen LogP contribution in [0.1, 0.15) is 60.8 Å². The van der Waals surface area contributed by atoms with E-state index >= 15 is 0 Å². The van der Waals surface area contributed by atoms with Gasteiger partial charge in [0, 0.05) is 23.3 Å². The summed E-state index contributed by atoms with van der Waals surface area (Å²) in [7, 11) is 0. The molecular weight excluding hydrogens is 262 g/mol. The van der Waals surface area contributed by atoms with Crippen LogP contribution in [0.5, 0.6) is 0 Å². The zero-order valence-electron chi connectivity index (χ0n) is 13.1. The van der Waals surface area contributed by atoms with Gasteiger partial charge in [0.15, 0.2) is 0 Å². The monoisotopic (exact) mass is 287 g/mol. The van der Waals surface area contributed by atoms with Gasteiger partial charge >= 0.3 is 0 Å². The van der Waals surface area contributed by atoms with E-state index < -0.39 is 0 Å². The topological polar surface area (TPSA) is 47.0 Å². The predicted octanol–water partition coefficient (Wildman–Crippen LogP) is 2.42. The van der Waals surface area contributed by atoms with Crippen LogP contribution in [0.15, 0.2) is 0 Å². The van der Waals surface area contributed by atoms with Crippen LogP contribution in [0, 0.1) is 13.8 Å². The number of rotatable bonds is 5. The molecule has 4 heteroatoms. The maximum Gasteiger partial charge on any atom is 0.134 e. The van der Waals surface area contributed by atoms with E-state index in [1.807, 2.05) is 0 Å². The number of aromatic nitrogens is 2. The lowest BCUT2D eigenvalue weighted by Crippen LogP contribution is -2.22.